The summed E-state index contributed by atoms with van der Waals surface area (Å²) in [4.78, 5) is 27.5. The summed E-state index contributed by atoms with van der Waals surface area (Å²) in [6.45, 7) is 3.59. The number of halogens is 1. The van der Waals surface area contributed by atoms with Crippen LogP contribution in [0.4, 0.5) is 0 Å². The van der Waals surface area contributed by atoms with E-state index in [4.69, 9.17) is 16.3 Å². The number of hydrogen-bond acceptors (Lipinski definition) is 4. The van der Waals surface area contributed by atoms with Crippen LogP contribution in [-0.2, 0) is 4.79 Å². The molecule has 7 heteroatoms. The van der Waals surface area contributed by atoms with Gasteiger partial charge in [0.05, 0.1) is 12.7 Å². The molecule has 0 spiro atoms. The number of methoxy groups -OCH3 is 1. The van der Waals surface area contributed by atoms with Gasteiger partial charge < -0.3 is 20.3 Å². The minimum atomic E-state index is -0.434. The SMILES string of the molecule is COc1ccc(Cl)cc1C(=O)N1CCCC1C(=O)NC1CCNC(C)C1. The van der Waals surface area contributed by atoms with Gasteiger partial charge in [0.25, 0.3) is 5.91 Å². The Morgan fingerprint density at radius 2 is 2.15 bits per heavy atom. The van der Waals surface area contributed by atoms with Gasteiger partial charge in [0.2, 0.25) is 5.91 Å². The number of nitrogens with one attached hydrogen (secondary N) is 2. The lowest BCUT2D eigenvalue weighted by Gasteiger charge is -2.31. The number of benzene rings is 1. The summed E-state index contributed by atoms with van der Waals surface area (Å²) >= 11 is 6.05. The topological polar surface area (TPSA) is 70.7 Å². The van der Waals surface area contributed by atoms with Crippen LogP contribution < -0.4 is 15.4 Å². The highest BCUT2D eigenvalue weighted by atomic mass is 35.5. The van der Waals surface area contributed by atoms with Crippen LogP contribution in [0, 0.1) is 0 Å². The van der Waals surface area contributed by atoms with Crippen molar-refractivity contribution in [3.8, 4) is 5.75 Å². The van der Waals surface area contributed by atoms with Gasteiger partial charge in [0.15, 0.2) is 0 Å². The first-order valence-corrected chi connectivity index (χ1v) is 9.55. The van der Waals surface area contributed by atoms with Gasteiger partial charge in [-0.3, -0.25) is 9.59 Å². The maximum Gasteiger partial charge on any atom is 0.258 e. The van der Waals surface area contributed by atoms with Gasteiger partial charge in [-0.25, -0.2) is 0 Å². The summed E-state index contributed by atoms with van der Waals surface area (Å²) in [5.41, 5.74) is 0.398. The fraction of sp³-hybridized carbons (Fsp3) is 0.579. The van der Waals surface area contributed by atoms with Crippen molar-refractivity contribution in [2.75, 3.05) is 20.2 Å². The van der Waals surface area contributed by atoms with Crippen molar-refractivity contribution in [3.63, 3.8) is 0 Å². The number of carbonyl (C=O) groups is 2. The van der Waals surface area contributed by atoms with E-state index in [0.29, 0.717) is 35.3 Å². The third-order valence-corrected chi connectivity index (χ3v) is 5.41. The quantitative estimate of drug-likeness (QED) is 0.841. The molecule has 2 aliphatic rings. The molecule has 0 aliphatic carbocycles. The fourth-order valence-corrected chi connectivity index (χ4v) is 4.02. The van der Waals surface area contributed by atoms with Crippen LogP contribution in [0.1, 0.15) is 43.0 Å². The second-order valence-electron chi connectivity index (χ2n) is 7.09. The molecule has 0 radical (unpaired) electrons. The molecule has 6 nitrogen and oxygen atoms in total. The van der Waals surface area contributed by atoms with Gasteiger partial charge in [-0.15, -0.1) is 0 Å². The Labute approximate surface area is 159 Å². The molecule has 1 aromatic rings. The molecule has 0 saturated carbocycles. The van der Waals surface area contributed by atoms with Crippen LogP contribution >= 0.6 is 11.6 Å². The summed E-state index contributed by atoms with van der Waals surface area (Å²) in [6.07, 6.45) is 3.32. The van der Waals surface area contributed by atoms with Crippen molar-refractivity contribution >= 4 is 23.4 Å². The van der Waals surface area contributed by atoms with Gasteiger partial charge in [-0.2, -0.15) is 0 Å². The van der Waals surface area contributed by atoms with E-state index in [0.717, 1.165) is 25.8 Å². The van der Waals surface area contributed by atoms with E-state index in [1.165, 1.54) is 7.11 Å². The largest absolute Gasteiger partial charge is 0.496 e. The number of rotatable bonds is 4. The predicted octanol–water partition coefficient (Wildman–Crippen LogP) is 2.21. The van der Waals surface area contributed by atoms with Crippen molar-refractivity contribution in [2.24, 2.45) is 0 Å². The maximum absolute atomic E-state index is 13.0. The van der Waals surface area contributed by atoms with Crippen LogP contribution in [0.3, 0.4) is 0 Å². The lowest BCUT2D eigenvalue weighted by atomic mass is 10.00. The molecule has 0 aromatic heterocycles. The summed E-state index contributed by atoms with van der Waals surface area (Å²) in [6, 6.07) is 5.09. The minimum absolute atomic E-state index is 0.0593. The molecule has 26 heavy (non-hydrogen) atoms. The Morgan fingerprint density at radius 3 is 2.88 bits per heavy atom. The first-order valence-electron chi connectivity index (χ1n) is 9.18. The Morgan fingerprint density at radius 1 is 1.35 bits per heavy atom. The standard InChI is InChI=1S/C19H26ClN3O3/c1-12-10-14(7-8-21-12)22-18(24)16-4-3-9-23(16)19(25)15-11-13(20)5-6-17(15)26-2/h5-6,11-12,14,16,21H,3-4,7-10H2,1-2H3,(H,22,24). The van der Waals surface area contributed by atoms with Crippen LogP contribution in [0.25, 0.3) is 0 Å². The smallest absolute Gasteiger partial charge is 0.258 e. The van der Waals surface area contributed by atoms with E-state index >= 15 is 0 Å². The zero-order valence-electron chi connectivity index (χ0n) is 15.3. The van der Waals surface area contributed by atoms with Gasteiger partial charge in [0.1, 0.15) is 11.8 Å². The molecule has 3 atom stereocenters. The van der Waals surface area contributed by atoms with E-state index in [1.54, 1.807) is 23.1 Å². The molecule has 142 valence electrons. The molecule has 2 amide bonds. The Hall–Kier alpha value is -1.79. The van der Waals surface area contributed by atoms with E-state index in [9.17, 15) is 9.59 Å². The third-order valence-electron chi connectivity index (χ3n) is 5.18. The number of carbonyl (C=O) groups excluding carboxylic acids is 2. The molecule has 3 rings (SSSR count). The second-order valence-corrected chi connectivity index (χ2v) is 7.52. The zero-order valence-corrected chi connectivity index (χ0v) is 16.0. The minimum Gasteiger partial charge on any atom is -0.496 e. The third kappa shape index (κ3) is 4.13. The molecule has 2 fully saturated rings. The van der Waals surface area contributed by atoms with E-state index < -0.39 is 6.04 Å². The summed E-state index contributed by atoms with van der Waals surface area (Å²) in [7, 11) is 1.52. The first kappa shape index (κ1) is 19.0. The van der Waals surface area contributed by atoms with Crippen LogP contribution in [0.15, 0.2) is 18.2 Å². The van der Waals surface area contributed by atoms with Crippen molar-refractivity contribution in [1.29, 1.82) is 0 Å². The number of piperidine rings is 1. The van der Waals surface area contributed by atoms with E-state index in [1.807, 2.05) is 0 Å². The van der Waals surface area contributed by atoms with Gasteiger partial charge in [-0.1, -0.05) is 11.6 Å². The summed E-state index contributed by atoms with van der Waals surface area (Å²) in [5, 5.41) is 6.99. The first-order chi connectivity index (χ1) is 12.5. The molecule has 2 aliphatic heterocycles. The lowest BCUT2D eigenvalue weighted by Crippen LogP contribution is -2.52. The summed E-state index contributed by atoms with van der Waals surface area (Å²) in [5.74, 6) is 0.203. The van der Waals surface area contributed by atoms with Crippen LogP contribution in [0.5, 0.6) is 5.75 Å². The average molecular weight is 380 g/mol. The van der Waals surface area contributed by atoms with Crippen molar-refractivity contribution < 1.29 is 14.3 Å². The van der Waals surface area contributed by atoms with Gasteiger partial charge in [0, 0.05) is 23.7 Å². The van der Waals surface area contributed by atoms with Crippen LogP contribution in [-0.4, -0.2) is 55.0 Å². The summed E-state index contributed by atoms with van der Waals surface area (Å²) < 4.78 is 5.30. The highest BCUT2D eigenvalue weighted by Gasteiger charge is 2.36. The predicted molar refractivity (Wildman–Crippen MR) is 101 cm³/mol. The van der Waals surface area contributed by atoms with Crippen LogP contribution in [0.2, 0.25) is 5.02 Å². The molecule has 2 saturated heterocycles. The Balaban J connectivity index is 1.72. The van der Waals surface area contributed by atoms with Gasteiger partial charge >= 0.3 is 0 Å². The number of amides is 2. The van der Waals surface area contributed by atoms with Crippen molar-refractivity contribution in [3.05, 3.63) is 28.8 Å². The molecule has 0 bridgehead atoms. The number of likely N-dealkylation sites (tertiary alicyclic amines) is 1. The number of ether oxygens (including phenoxy) is 1. The highest BCUT2D eigenvalue weighted by molar-refractivity contribution is 6.31. The average Bonchev–Trinajstić information content (AvgIpc) is 3.11. The van der Waals surface area contributed by atoms with Gasteiger partial charge in [-0.05, 0) is 57.4 Å². The highest BCUT2D eigenvalue weighted by Crippen LogP contribution is 2.28. The molecular formula is C19H26ClN3O3. The molecule has 1 aromatic carbocycles. The molecule has 2 N–H and O–H groups in total. The lowest BCUT2D eigenvalue weighted by molar-refractivity contribution is -0.125. The second kappa shape index (κ2) is 8.27. The van der Waals surface area contributed by atoms with E-state index in [-0.39, 0.29) is 17.9 Å². The normalized spacial score (nSPS) is 25.8. The van der Waals surface area contributed by atoms with Crippen molar-refractivity contribution in [2.45, 2.75) is 50.7 Å². The maximum atomic E-state index is 13.0. The molecule has 2 heterocycles. The number of hydrogen-bond donors (Lipinski definition) is 2. The van der Waals surface area contributed by atoms with Crippen molar-refractivity contribution in [1.82, 2.24) is 15.5 Å². The van der Waals surface area contributed by atoms with E-state index in [2.05, 4.69) is 17.6 Å². The fourth-order valence-electron chi connectivity index (χ4n) is 3.84. The number of nitrogens with zero attached hydrogens (tertiary/aromatic N) is 1. The molecule has 3 unspecified atom stereocenters. The molecular weight excluding hydrogens is 354 g/mol. The Kier molecular flexibility index (Phi) is 6.04. The monoisotopic (exact) mass is 379 g/mol. The zero-order chi connectivity index (χ0) is 18.7. The Bertz CT molecular complexity index is 682.